The summed E-state index contributed by atoms with van der Waals surface area (Å²) >= 11 is 0. The normalized spacial score (nSPS) is 21.8. The molecule has 6 nitrogen and oxygen atoms in total. The van der Waals surface area contributed by atoms with Gasteiger partial charge in [-0.25, -0.2) is 9.97 Å². The Hall–Kier alpha value is -2.05. The molecule has 6 heteroatoms. The fraction of sp³-hybridized carbons (Fsp3) is 0.500. The van der Waals surface area contributed by atoms with Crippen molar-refractivity contribution in [1.29, 1.82) is 0 Å². The lowest BCUT2D eigenvalue weighted by Gasteiger charge is -2.50. The number of nitrogens with zero attached hydrogens (tertiary/aromatic N) is 4. The van der Waals surface area contributed by atoms with E-state index in [2.05, 4.69) is 19.9 Å². The van der Waals surface area contributed by atoms with E-state index in [-0.39, 0.29) is 5.60 Å². The van der Waals surface area contributed by atoms with Crippen LogP contribution in [-0.2, 0) is 16.1 Å². The van der Waals surface area contributed by atoms with Crippen LogP contribution in [0.5, 0.6) is 0 Å². The monoisotopic (exact) mass is 326 g/mol. The van der Waals surface area contributed by atoms with Crippen LogP contribution in [0.4, 0.5) is 5.95 Å². The molecule has 4 heterocycles. The van der Waals surface area contributed by atoms with Gasteiger partial charge in [0.1, 0.15) is 5.60 Å². The van der Waals surface area contributed by atoms with Gasteiger partial charge in [-0.1, -0.05) is 6.07 Å². The molecule has 2 aliphatic heterocycles. The summed E-state index contributed by atoms with van der Waals surface area (Å²) in [6, 6.07) is 5.82. The van der Waals surface area contributed by atoms with Crippen molar-refractivity contribution in [2.75, 3.05) is 31.2 Å². The van der Waals surface area contributed by atoms with Gasteiger partial charge in [-0.3, -0.25) is 4.98 Å². The van der Waals surface area contributed by atoms with Crippen LogP contribution < -0.4 is 4.90 Å². The zero-order valence-electron chi connectivity index (χ0n) is 13.7. The fourth-order valence-electron chi connectivity index (χ4n) is 3.64. The predicted octanol–water partition coefficient (Wildman–Crippen LogP) is 2.07. The van der Waals surface area contributed by atoms with Crippen LogP contribution in [0.15, 0.2) is 43.0 Å². The van der Waals surface area contributed by atoms with Crippen molar-refractivity contribution in [1.82, 2.24) is 15.0 Å². The zero-order valence-corrected chi connectivity index (χ0v) is 13.7. The standard InChI is InChI=1S/C18H22N4O2/c1-3-15(11-19-6-1)12-23-9-4-16-5-10-24-18(16)13-22(14-18)17-20-7-2-8-21-17/h1-3,6-8,11,16H,4-5,9-10,12-14H2. The van der Waals surface area contributed by atoms with E-state index < -0.39 is 0 Å². The Kier molecular flexibility index (Phi) is 4.40. The first-order chi connectivity index (χ1) is 11.9. The molecule has 1 atom stereocenters. The molecular weight excluding hydrogens is 304 g/mol. The number of aromatic nitrogens is 3. The zero-order chi connectivity index (χ0) is 16.2. The minimum absolute atomic E-state index is 0.0309. The van der Waals surface area contributed by atoms with Crippen molar-refractivity contribution in [2.45, 2.75) is 25.0 Å². The van der Waals surface area contributed by atoms with Crippen molar-refractivity contribution in [2.24, 2.45) is 5.92 Å². The Balaban J connectivity index is 1.26. The molecule has 0 saturated carbocycles. The van der Waals surface area contributed by atoms with E-state index in [0.717, 1.165) is 50.7 Å². The van der Waals surface area contributed by atoms with Crippen LogP contribution in [0.2, 0.25) is 0 Å². The molecule has 0 N–H and O–H groups in total. The lowest BCUT2D eigenvalue weighted by Crippen LogP contribution is -2.65. The number of rotatable bonds is 6. The Morgan fingerprint density at radius 3 is 2.88 bits per heavy atom. The third kappa shape index (κ3) is 3.12. The molecule has 2 aliphatic rings. The summed E-state index contributed by atoms with van der Waals surface area (Å²) in [5.74, 6) is 1.34. The lowest BCUT2D eigenvalue weighted by molar-refractivity contribution is -0.0515. The molecule has 0 amide bonds. The summed E-state index contributed by atoms with van der Waals surface area (Å²) in [4.78, 5) is 14.9. The van der Waals surface area contributed by atoms with Gasteiger partial charge in [0, 0.05) is 38.0 Å². The maximum absolute atomic E-state index is 6.09. The third-order valence-corrected chi connectivity index (χ3v) is 4.95. The van der Waals surface area contributed by atoms with Crippen LogP contribution in [0.3, 0.4) is 0 Å². The highest BCUT2D eigenvalue weighted by Gasteiger charge is 2.53. The summed E-state index contributed by atoms with van der Waals surface area (Å²) in [5, 5.41) is 0. The average molecular weight is 326 g/mol. The largest absolute Gasteiger partial charge is 0.377 e. The SMILES string of the molecule is c1cnc(N2CC3(C2)OCCC3CCOCc2cccnc2)nc1. The van der Waals surface area contributed by atoms with E-state index in [1.165, 1.54) is 0 Å². The third-order valence-electron chi connectivity index (χ3n) is 4.95. The number of hydrogen-bond acceptors (Lipinski definition) is 6. The quantitative estimate of drug-likeness (QED) is 0.758. The molecular formula is C18H22N4O2. The minimum Gasteiger partial charge on any atom is -0.377 e. The van der Waals surface area contributed by atoms with Crippen LogP contribution in [0.1, 0.15) is 18.4 Å². The highest BCUT2D eigenvalue weighted by atomic mass is 16.5. The molecule has 1 spiro atoms. The molecule has 1 unspecified atom stereocenters. The average Bonchev–Trinajstić information content (AvgIpc) is 3.03. The van der Waals surface area contributed by atoms with E-state index in [0.29, 0.717) is 12.5 Å². The van der Waals surface area contributed by atoms with Crippen molar-refractivity contribution < 1.29 is 9.47 Å². The molecule has 24 heavy (non-hydrogen) atoms. The summed E-state index contributed by atoms with van der Waals surface area (Å²) < 4.78 is 11.9. The van der Waals surface area contributed by atoms with Gasteiger partial charge in [-0.05, 0) is 36.5 Å². The molecule has 0 aliphatic carbocycles. The van der Waals surface area contributed by atoms with E-state index in [1.54, 1.807) is 18.6 Å². The number of anilines is 1. The predicted molar refractivity (Wildman–Crippen MR) is 89.5 cm³/mol. The Labute approximate surface area is 141 Å². The topological polar surface area (TPSA) is 60.4 Å². The molecule has 0 bridgehead atoms. The van der Waals surface area contributed by atoms with Gasteiger partial charge in [0.15, 0.2) is 0 Å². The second kappa shape index (κ2) is 6.83. The molecule has 2 aromatic rings. The smallest absolute Gasteiger partial charge is 0.225 e. The highest BCUT2D eigenvalue weighted by Crippen LogP contribution is 2.42. The molecule has 126 valence electrons. The summed E-state index contributed by atoms with van der Waals surface area (Å²) in [5.41, 5.74) is 1.09. The number of pyridine rings is 1. The second-order valence-electron chi connectivity index (χ2n) is 6.51. The van der Waals surface area contributed by atoms with E-state index in [9.17, 15) is 0 Å². The van der Waals surface area contributed by atoms with Crippen LogP contribution in [0, 0.1) is 5.92 Å². The van der Waals surface area contributed by atoms with E-state index in [1.807, 2.05) is 24.4 Å². The number of hydrogen-bond donors (Lipinski definition) is 0. The van der Waals surface area contributed by atoms with Crippen molar-refractivity contribution >= 4 is 5.95 Å². The molecule has 2 aromatic heterocycles. The minimum atomic E-state index is -0.0309. The number of ether oxygens (including phenoxy) is 2. The maximum atomic E-state index is 6.09. The molecule has 0 aromatic carbocycles. The molecule has 2 fully saturated rings. The molecule has 2 saturated heterocycles. The maximum Gasteiger partial charge on any atom is 0.225 e. The van der Waals surface area contributed by atoms with Gasteiger partial charge in [0.25, 0.3) is 0 Å². The van der Waals surface area contributed by atoms with Gasteiger partial charge >= 0.3 is 0 Å². The van der Waals surface area contributed by atoms with Crippen LogP contribution in [0.25, 0.3) is 0 Å². The van der Waals surface area contributed by atoms with Crippen LogP contribution >= 0.6 is 0 Å². The Bertz CT molecular complexity index is 647. The highest BCUT2D eigenvalue weighted by molar-refractivity contribution is 5.37. The van der Waals surface area contributed by atoms with Crippen molar-refractivity contribution in [3.05, 3.63) is 48.5 Å². The first-order valence-corrected chi connectivity index (χ1v) is 8.48. The summed E-state index contributed by atoms with van der Waals surface area (Å²) in [6.45, 7) is 3.98. The van der Waals surface area contributed by atoms with E-state index >= 15 is 0 Å². The van der Waals surface area contributed by atoms with Gasteiger partial charge in [-0.2, -0.15) is 0 Å². The van der Waals surface area contributed by atoms with E-state index in [4.69, 9.17) is 9.47 Å². The molecule has 4 rings (SSSR count). The van der Waals surface area contributed by atoms with Gasteiger partial charge in [0.2, 0.25) is 5.95 Å². The summed E-state index contributed by atoms with van der Waals surface area (Å²) in [6.07, 6.45) is 9.34. The molecule has 0 radical (unpaired) electrons. The van der Waals surface area contributed by atoms with Gasteiger partial charge in [0.05, 0.1) is 19.7 Å². The second-order valence-corrected chi connectivity index (χ2v) is 6.51. The fourth-order valence-corrected chi connectivity index (χ4v) is 3.64. The first kappa shape index (κ1) is 15.5. The van der Waals surface area contributed by atoms with Crippen LogP contribution in [-0.4, -0.2) is 46.9 Å². The van der Waals surface area contributed by atoms with Crippen molar-refractivity contribution in [3.63, 3.8) is 0 Å². The van der Waals surface area contributed by atoms with Crippen molar-refractivity contribution in [3.8, 4) is 0 Å². The lowest BCUT2D eigenvalue weighted by atomic mass is 9.79. The van der Waals surface area contributed by atoms with Gasteiger partial charge < -0.3 is 14.4 Å². The van der Waals surface area contributed by atoms with Gasteiger partial charge in [-0.15, -0.1) is 0 Å². The Morgan fingerprint density at radius 1 is 1.21 bits per heavy atom. The first-order valence-electron chi connectivity index (χ1n) is 8.48. The Morgan fingerprint density at radius 2 is 2.08 bits per heavy atom. The summed E-state index contributed by atoms with van der Waals surface area (Å²) in [7, 11) is 0.